The molecule has 0 aliphatic carbocycles. The first-order chi connectivity index (χ1) is 19.1. The van der Waals surface area contributed by atoms with E-state index in [9.17, 15) is 18.0 Å². The molecule has 0 fully saturated rings. The number of aromatic amines is 1. The number of benzene rings is 1. The third-order valence-corrected chi connectivity index (χ3v) is 6.71. The molecule has 0 aliphatic rings. The molecule has 0 aliphatic heterocycles. The molecule has 1 aromatic carbocycles. The average Bonchev–Trinajstić information content (AvgIpc) is 3.58. The Morgan fingerprint density at radius 3 is 2.60 bits per heavy atom. The molecule has 5 aromatic rings. The van der Waals surface area contributed by atoms with Crippen molar-refractivity contribution >= 4 is 52.1 Å². The lowest BCUT2D eigenvalue weighted by atomic mass is 10.2. The van der Waals surface area contributed by atoms with Crippen LogP contribution in [0.5, 0.6) is 0 Å². The first kappa shape index (κ1) is 27.1. The summed E-state index contributed by atoms with van der Waals surface area (Å²) in [6.45, 7) is 1.86. The molecule has 0 saturated carbocycles. The fourth-order valence-corrected chi connectivity index (χ4v) is 4.65. The van der Waals surface area contributed by atoms with Crippen LogP contribution in [0.15, 0.2) is 66.2 Å². The second-order valence-electron chi connectivity index (χ2n) is 8.58. The molecule has 0 saturated heterocycles. The van der Waals surface area contributed by atoms with Gasteiger partial charge in [-0.3, -0.25) is 10.4 Å². The maximum Gasteiger partial charge on any atom is 0.417 e. The van der Waals surface area contributed by atoms with Crippen molar-refractivity contribution in [3.63, 3.8) is 0 Å². The van der Waals surface area contributed by atoms with E-state index in [0.717, 1.165) is 34.0 Å². The zero-order chi connectivity index (χ0) is 28.3. The molecular weight excluding hydrogens is 565 g/mol. The van der Waals surface area contributed by atoms with Gasteiger partial charge in [0.15, 0.2) is 5.82 Å². The Balaban J connectivity index is 1.20. The highest BCUT2D eigenvalue weighted by atomic mass is 35.5. The first-order valence-electron chi connectivity index (χ1n) is 11.7. The molecule has 2 amide bonds. The number of thiophene rings is 1. The van der Waals surface area contributed by atoms with Crippen molar-refractivity contribution in [2.45, 2.75) is 19.5 Å². The number of aromatic nitrogens is 5. The number of halogens is 4. The number of alkyl halides is 3. The van der Waals surface area contributed by atoms with Gasteiger partial charge in [-0.1, -0.05) is 23.7 Å². The van der Waals surface area contributed by atoms with Crippen LogP contribution in [0.1, 0.15) is 22.6 Å². The van der Waals surface area contributed by atoms with Crippen LogP contribution in [0.3, 0.4) is 0 Å². The molecule has 4 aromatic heterocycles. The molecule has 4 N–H and O–H groups in total. The number of urea groups is 1. The van der Waals surface area contributed by atoms with Crippen LogP contribution < -0.4 is 16.0 Å². The number of amides is 2. The van der Waals surface area contributed by atoms with Crippen LogP contribution in [0, 0.1) is 6.92 Å². The van der Waals surface area contributed by atoms with Crippen molar-refractivity contribution < 1.29 is 18.0 Å². The third-order valence-electron chi connectivity index (χ3n) is 5.48. The molecule has 14 heteroatoms. The van der Waals surface area contributed by atoms with Gasteiger partial charge in [-0.2, -0.15) is 18.3 Å². The lowest BCUT2D eigenvalue weighted by Crippen LogP contribution is -2.20. The summed E-state index contributed by atoms with van der Waals surface area (Å²) >= 11 is 7.23. The maximum absolute atomic E-state index is 13.1. The lowest BCUT2D eigenvalue weighted by molar-refractivity contribution is -0.137. The van der Waals surface area contributed by atoms with Crippen LogP contribution in [0.4, 0.5) is 41.1 Å². The van der Waals surface area contributed by atoms with E-state index in [1.165, 1.54) is 6.07 Å². The average molecular weight is 585 g/mol. The summed E-state index contributed by atoms with van der Waals surface area (Å²) in [5.74, 6) is 1.97. The van der Waals surface area contributed by atoms with Gasteiger partial charge in [0.05, 0.1) is 21.2 Å². The summed E-state index contributed by atoms with van der Waals surface area (Å²) in [5, 5.41) is 16.9. The minimum absolute atomic E-state index is 0.0653. The van der Waals surface area contributed by atoms with Gasteiger partial charge in [-0.05, 0) is 48.2 Å². The number of hydrogen-bond acceptors (Lipinski definition) is 7. The molecule has 4 heterocycles. The van der Waals surface area contributed by atoms with E-state index in [4.69, 9.17) is 11.6 Å². The second kappa shape index (κ2) is 11.3. The number of hydrogen-bond donors (Lipinski definition) is 4. The van der Waals surface area contributed by atoms with Crippen molar-refractivity contribution in [1.29, 1.82) is 0 Å². The van der Waals surface area contributed by atoms with E-state index < -0.39 is 22.8 Å². The SMILES string of the molecule is Cc1cc(Nc2cc(-c3cccs3)[nH]n2)nc(Cc2ccc(NC(=O)Nc3ccc(Cl)c(C(F)(F)F)c3)nc2)n1. The number of H-pyrrole nitrogens is 1. The number of nitrogens with one attached hydrogen (secondary N) is 4. The van der Waals surface area contributed by atoms with Crippen molar-refractivity contribution in [3.05, 3.63) is 93.8 Å². The molecule has 9 nitrogen and oxygen atoms in total. The summed E-state index contributed by atoms with van der Waals surface area (Å²) < 4.78 is 39.2. The van der Waals surface area contributed by atoms with E-state index in [2.05, 4.69) is 41.1 Å². The highest BCUT2D eigenvalue weighted by Crippen LogP contribution is 2.36. The van der Waals surface area contributed by atoms with Gasteiger partial charge in [0.25, 0.3) is 0 Å². The predicted molar refractivity (Wildman–Crippen MR) is 148 cm³/mol. The largest absolute Gasteiger partial charge is 0.417 e. The molecule has 0 unspecified atom stereocenters. The molecule has 204 valence electrons. The Morgan fingerprint density at radius 2 is 1.88 bits per heavy atom. The van der Waals surface area contributed by atoms with E-state index in [-0.39, 0.29) is 11.5 Å². The van der Waals surface area contributed by atoms with E-state index >= 15 is 0 Å². The quantitative estimate of drug-likeness (QED) is 0.159. The zero-order valence-corrected chi connectivity index (χ0v) is 22.2. The number of rotatable bonds is 7. The highest BCUT2D eigenvalue weighted by Gasteiger charge is 2.33. The summed E-state index contributed by atoms with van der Waals surface area (Å²) in [6, 6.07) is 13.3. The van der Waals surface area contributed by atoms with Crippen LogP contribution in [-0.2, 0) is 12.6 Å². The predicted octanol–water partition coefficient (Wildman–Crippen LogP) is 7.28. The van der Waals surface area contributed by atoms with E-state index in [0.29, 0.717) is 23.9 Å². The molecular formula is C26H20ClF3N8OS. The number of carbonyl (C=O) groups is 1. The smallest absolute Gasteiger partial charge is 0.323 e. The van der Waals surface area contributed by atoms with Gasteiger partial charge in [-0.15, -0.1) is 11.3 Å². The van der Waals surface area contributed by atoms with Gasteiger partial charge in [0, 0.05) is 36.1 Å². The van der Waals surface area contributed by atoms with Gasteiger partial charge in [0.2, 0.25) is 0 Å². The van der Waals surface area contributed by atoms with Gasteiger partial charge < -0.3 is 10.6 Å². The fourth-order valence-electron chi connectivity index (χ4n) is 3.73. The number of nitrogens with zero attached hydrogens (tertiary/aromatic N) is 4. The Morgan fingerprint density at radius 1 is 1.02 bits per heavy atom. The Hall–Kier alpha value is -4.49. The van der Waals surface area contributed by atoms with Crippen molar-refractivity contribution in [1.82, 2.24) is 25.1 Å². The standard InChI is InChI=1S/C26H20ClF3N8OS/c1-14-9-22(35-24-12-19(37-38-24)20-3-2-8-40-20)34-23(32-14)10-15-4-7-21(31-13-15)36-25(39)33-16-5-6-18(27)17(11-16)26(28,29)30/h2-9,11-13H,10H2,1H3,(H2,31,33,36,39)(H2,32,34,35,37,38). The Labute approximate surface area is 234 Å². The number of aryl methyl sites for hydroxylation is 1. The minimum atomic E-state index is -4.65. The van der Waals surface area contributed by atoms with Gasteiger partial charge >= 0.3 is 12.2 Å². The van der Waals surface area contributed by atoms with Crippen molar-refractivity contribution in [2.24, 2.45) is 0 Å². The van der Waals surface area contributed by atoms with Crippen molar-refractivity contribution in [2.75, 3.05) is 16.0 Å². The lowest BCUT2D eigenvalue weighted by Gasteiger charge is -2.12. The summed E-state index contributed by atoms with van der Waals surface area (Å²) in [7, 11) is 0. The topological polar surface area (TPSA) is 121 Å². The van der Waals surface area contributed by atoms with E-state index in [1.54, 1.807) is 29.7 Å². The number of anilines is 4. The summed E-state index contributed by atoms with van der Waals surface area (Å²) in [6.07, 6.45) is -2.71. The van der Waals surface area contributed by atoms with Gasteiger partial charge in [-0.25, -0.2) is 19.7 Å². The van der Waals surface area contributed by atoms with Crippen LogP contribution in [0.2, 0.25) is 5.02 Å². The van der Waals surface area contributed by atoms with Crippen LogP contribution in [-0.4, -0.2) is 31.2 Å². The molecule has 40 heavy (non-hydrogen) atoms. The Kier molecular flexibility index (Phi) is 7.67. The van der Waals surface area contributed by atoms with Crippen molar-refractivity contribution in [3.8, 4) is 10.6 Å². The maximum atomic E-state index is 13.1. The van der Waals surface area contributed by atoms with Crippen LogP contribution >= 0.6 is 22.9 Å². The Bertz CT molecular complexity index is 1640. The molecule has 0 spiro atoms. The minimum Gasteiger partial charge on any atom is -0.323 e. The molecule has 5 rings (SSSR count). The normalized spacial score (nSPS) is 11.3. The highest BCUT2D eigenvalue weighted by molar-refractivity contribution is 7.13. The fraction of sp³-hybridized carbons (Fsp3) is 0.115. The van der Waals surface area contributed by atoms with Gasteiger partial charge in [0.1, 0.15) is 17.5 Å². The first-order valence-corrected chi connectivity index (χ1v) is 13.0. The van der Waals surface area contributed by atoms with E-state index in [1.807, 2.05) is 36.6 Å². The number of pyridine rings is 1. The summed E-state index contributed by atoms with van der Waals surface area (Å²) in [4.78, 5) is 26.6. The van der Waals surface area contributed by atoms with Crippen LogP contribution in [0.25, 0.3) is 10.6 Å². The third kappa shape index (κ3) is 6.74. The molecule has 0 bridgehead atoms. The molecule has 0 atom stereocenters. The summed E-state index contributed by atoms with van der Waals surface area (Å²) in [5.41, 5.74) is 1.34. The number of carbonyl (C=O) groups excluding carboxylic acids is 1. The zero-order valence-electron chi connectivity index (χ0n) is 20.7. The second-order valence-corrected chi connectivity index (χ2v) is 9.93. The molecule has 0 radical (unpaired) electrons. The monoisotopic (exact) mass is 584 g/mol.